The summed E-state index contributed by atoms with van der Waals surface area (Å²) in [7, 11) is 2.85. The first-order chi connectivity index (χ1) is 18.2. The smallest absolute Gasteiger partial charge is 0.345 e. The second-order valence-electron chi connectivity index (χ2n) is 8.22. The highest BCUT2D eigenvalue weighted by Gasteiger charge is 2.23. The van der Waals surface area contributed by atoms with Crippen LogP contribution in [0.3, 0.4) is 0 Å². The second-order valence-corrected chi connectivity index (χ2v) is 8.22. The molecule has 0 aliphatic heterocycles. The molecule has 0 radical (unpaired) electrons. The van der Waals surface area contributed by atoms with Gasteiger partial charge in [-0.2, -0.15) is 0 Å². The quantitative estimate of drug-likeness (QED) is 0.141. The molecular weight excluding hydrogens is 496 g/mol. The maximum atomic E-state index is 12.5. The van der Waals surface area contributed by atoms with Crippen molar-refractivity contribution in [3.8, 4) is 40.1 Å². The van der Waals surface area contributed by atoms with Gasteiger partial charge < -0.3 is 39.1 Å². The number of aliphatic carboxylic acids is 1. The molecule has 0 spiro atoms. The summed E-state index contributed by atoms with van der Waals surface area (Å²) in [6.07, 6.45) is 0.955. The molecule has 10 heteroatoms. The molecule has 4 aromatic rings. The van der Waals surface area contributed by atoms with Crippen LogP contribution in [-0.4, -0.2) is 52.7 Å². The van der Waals surface area contributed by atoms with E-state index in [2.05, 4.69) is 0 Å². The van der Waals surface area contributed by atoms with Gasteiger partial charge in [-0.25, -0.2) is 9.59 Å². The molecule has 1 heterocycles. The molecule has 1 unspecified atom stereocenters. The van der Waals surface area contributed by atoms with Crippen LogP contribution < -0.4 is 9.47 Å². The molecule has 0 bridgehead atoms. The lowest BCUT2D eigenvalue weighted by Gasteiger charge is -2.13. The first kappa shape index (κ1) is 26.0. The number of carbonyl (C=O) groups excluding carboxylic acids is 1. The number of rotatable bonds is 9. The van der Waals surface area contributed by atoms with Crippen LogP contribution in [0, 0.1) is 0 Å². The number of carboxylic acids is 1. The zero-order valence-corrected chi connectivity index (χ0v) is 20.4. The van der Waals surface area contributed by atoms with Gasteiger partial charge in [0.2, 0.25) is 6.10 Å². The molecular formula is C28H24O10. The Morgan fingerprint density at radius 2 is 1.63 bits per heavy atom. The van der Waals surface area contributed by atoms with Crippen LogP contribution >= 0.6 is 0 Å². The van der Waals surface area contributed by atoms with E-state index in [1.165, 1.54) is 50.6 Å². The monoisotopic (exact) mass is 520 g/mol. The van der Waals surface area contributed by atoms with E-state index in [1.807, 2.05) is 0 Å². The fraction of sp³-hybridized carbons (Fsp3) is 0.143. The SMILES string of the molecule is COc1cc(CC(OC(=O)/C=C/c2ccc(OC)c3oc(-c4ccc(O)c(O)c4)cc23)C(=O)O)ccc1O. The van der Waals surface area contributed by atoms with Crippen molar-refractivity contribution in [3.05, 3.63) is 71.8 Å². The molecule has 0 aliphatic carbocycles. The summed E-state index contributed by atoms with van der Waals surface area (Å²) in [5, 5.41) is 39.3. The number of carboxylic acid groups (broad SMARTS) is 1. The Balaban J connectivity index is 1.57. The van der Waals surface area contributed by atoms with Crippen molar-refractivity contribution in [3.63, 3.8) is 0 Å². The minimum Gasteiger partial charge on any atom is -0.504 e. The van der Waals surface area contributed by atoms with Crippen molar-refractivity contribution < 1.29 is 48.6 Å². The van der Waals surface area contributed by atoms with Crippen molar-refractivity contribution in [2.45, 2.75) is 12.5 Å². The van der Waals surface area contributed by atoms with Crippen LogP contribution in [-0.2, 0) is 20.7 Å². The van der Waals surface area contributed by atoms with Crippen LogP contribution in [0.5, 0.6) is 28.7 Å². The first-order valence-corrected chi connectivity index (χ1v) is 11.3. The molecule has 38 heavy (non-hydrogen) atoms. The van der Waals surface area contributed by atoms with Gasteiger partial charge in [-0.05, 0) is 59.7 Å². The van der Waals surface area contributed by atoms with Gasteiger partial charge >= 0.3 is 11.9 Å². The van der Waals surface area contributed by atoms with Crippen LogP contribution in [0.25, 0.3) is 28.4 Å². The lowest BCUT2D eigenvalue weighted by atomic mass is 10.1. The summed E-state index contributed by atoms with van der Waals surface area (Å²) in [6.45, 7) is 0. The highest BCUT2D eigenvalue weighted by atomic mass is 16.6. The van der Waals surface area contributed by atoms with Gasteiger partial charge in [-0.1, -0.05) is 12.1 Å². The number of furan rings is 1. The summed E-state index contributed by atoms with van der Waals surface area (Å²) >= 11 is 0. The second kappa shape index (κ2) is 10.9. The predicted molar refractivity (Wildman–Crippen MR) is 136 cm³/mol. The summed E-state index contributed by atoms with van der Waals surface area (Å²) in [6, 6.07) is 13.6. The van der Waals surface area contributed by atoms with Crippen LogP contribution in [0.15, 0.2) is 65.1 Å². The Morgan fingerprint density at radius 3 is 2.32 bits per heavy atom. The number of hydrogen-bond donors (Lipinski definition) is 4. The average molecular weight is 520 g/mol. The van der Waals surface area contributed by atoms with Gasteiger partial charge in [0.25, 0.3) is 0 Å². The van der Waals surface area contributed by atoms with Crippen molar-refractivity contribution >= 4 is 29.0 Å². The van der Waals surface area contributed by atoms with E-state index < -0.39 is 18.0 Å². The number of phenolic OH excluding ortho intramolecular Hbond substituents is 3. The molecule has 196 valence electrons. The van der Waals surface area contributed by atoms with Crippen molar-refractivity contribution in [2.24, 2.45) is 0 Å². The molecule has 0 fully saturated rings. The minimum absolute atomic E-state index is 0.0986. The highest BCUT2D eigenvalue weighted by Crippen LogP contribution is 2.38. The molecule has 1 aromatic heterocycles. The lowest BCUT2D eigenvalue weighted by molar-refractivity contribution is -0.160. The molecule has 3 aromatic carbocycles. The Kier molecular flexibility index (Phi) is 7.43. The zero-order chi connectivity index (χ0) is 27.4. The van der Waals surface area contributed by atoms with Gasteiger partial charge in [-0.15, -0.1) is 0 Å². The summed E-state index contributed by atoms with van der Waals surface area (Å²) in [5.41, 5.74) is 1.94. The molecule has 0 amide bonds. The molecule has 0 saturated carbocycles. The van der Waals surface area contributed by atoms with Gasteiger partial charge in [0.15, 0.2) is 34.3 Å². The molecule has 1 atom stereocenters. The lowest BCUT2D eigenvalue weighted by Crippen LogP contribution is -2.28. The average Bonchev–Trinajstić information content (AvgIpc) is 3.35. The predicted octanol–water partition coefficient (Wildman–Crippen LogP) is 4.49. The molecule has 0 aliphatic rings. The number of benzene rings is 3. The number of ether oxygens (including phenoxy) is 3. The largest absolute Gasteiger partial charge is 0.504 e. The number of fused-ring (bicyclic) bond motifs is 1. The van der Waals surface area contributed by atoms with Crippen molar-refractivity contribution in [1.82, 2.24) is 0 Å². The number of esters is 1. The maximum Gasteiger partial charge on any atom is 0.345 e. The third-order valence-corrected chi connectivity index (χ3v) is 5.76. The maximum absolute atomic E-state index is 12.5. The Labute approximate surface area is 216 Å². The van der Waals surface area contributed by atoms with E-state index in [-0.39, 0.29) is 29.4 Å². The fourth-order valence-electron chi connectivity index (χ4n) is 3.82. The van der Waals surface area contributed by atoms with E-state index in [9.17, 15) is 30.0 Å². The summed E-state index contributed by atoms with van der Waals surface area (Å²) < 4.78 is 21.5. The summed E-state index contributed by atoms with van der Waals surface area (Å²) in [5.74, 6) is -1.90. The minimum atomic E-state index is -1.47. The van der Waals surface area contributed by atoms with E-state index in [4.69, 9.17) is 18.6 Å². The molecule has 4 rings (SSSR count). The van der Waals surface area contributed by atoms with E-state index in [0.29, 0.717) is 39.2 Å². The Hall–Kier alpha value is -5.12. The fourth-order valence-corrected chi connectivity index (χ4v) is 3.82. The van der Waals surface area contributed by atoms with Crippen LogP contribution in [0.1, 0.15) is 11.1 Å². The van der Waals surface area contributed by atoms with E-state index >= 15 is 0 Å². The standard InChI is InChI=1S/C28H24O10/c1-35-22-9-5-16(18-14-23(38-27(18)22)17-4-8-19(29)21(31)13-17)6-10-26(32)37-25(28(33)34)12-15-3-7-20(30)24(11-15)36-2/h3-11,13-14,25,29-31H,12H2,1-2H3,(H,33,34)/b10-6+. The number of methoxy groups -OCH3 is 2. The van der Waals surface area contributed by atoms with Gasteiger partial charge in [0.05, 0.1) is 14.2 Å². The number of hydrogen-bond acceptors (Lipinski definition) is 9. The third kappa shape index (κ3) is 5.49. The van der Waals surface area contributed by atoms with Crippen LogP contribution in [0.4, 0.5) is 0 Å². The number of carbonyl (C=O) groups is 2. The zero-order valence-electron chi connectivity index (χ0n) is 20.4. The number of aromatic hydroxyl groups is 3. The molecule has 10 nitrogen and oxygen atoms in total. The Morgan fingerprint density at radius 1 is 0.895 bits per heavy atom. The van der Waals surface area contributed by atoms with Crippen molar-refractivity contribution in [1.29, 1.82) is 0 Å². The van der Waals surface area contributed by atoms with Gasteiger partial charge in [0, 0.05) is 23.4 Å². The number of phenols is 3. The van der Waals surface area contributed by atoms with Gasteiger partial charge in [-0.3, -0.25) is 0 Å². The topological polar surface area (TPSA) is 156 Å². The normalized spacial score (nSPS) is 11.9. The van der Waals surface area contributed by atoms with Crippen molar-refractivity contribution in [2.75, 3.05) is 14.2 Å². The summed E-state index contributed by atoms with van der Waals surface area (Å²) in [4.78, 5) is 24.2. The van der Waals surface area contributed by atoms with Gasteiger partial charge in [0.1, 0.15) is 5.76 Å². The molecule has 4 N–H and O–H groups in total. The van der Waals surface area contributed by atoms with E-state index in [0.717, 1.165) is 6.08 Å². The Bertz CT molecular complexity index is 1530. The molecule has 0 saturated heterocycles. The first-order valence-electron chi connectivity index (χ1n) is 11.3. The van der Waals surface area contributed by atoms with E-state index in [1.54, 1.807) is 24.3 Å². The van der Waals surface area contributed by atoms with Crippen LogP contribution in [0.2, 0.25) is 0 Å². The highest BCUT2D eigenvalue weighted by molar-refractivity contribution is 5.97. The third-order valence-electron chi connectivity index (χ3n) is 5.76.